The van der Waals surface area contributed by atoms with Crippen molar-refractivity contribution in [1.29, 1.82) is 0 Å². The smallest absolute Gasteiger partial charge is 0.308 e. The molecule has 0 atom stereocenters. The van der Waals surface area contributed by atoms with Gasteiger partial charge in [-0.15, -0.1) is 0 Å². The van der Waals surface area contributed by atoms with E-state index >= 15 is 0 Å². The number of nitrogens with one attached hydrogen (secondary N) is 1. The van der Waals surface area contributed by atoms with E-state index in [1.165, 1.54) is 15.6 Å². The van der Waals surface area contributed by atoms with Gasteiger partial charge in [0.15, 0.2) is 0 Å². The molecule has 0 unspecified atom stereocenters. The first-order chi connectivity index (χ1) is 14.9. The van der Waals surface area contributed by atoms with Crippen LogP contribution in [-0.2, 0) is 27.1 Å². The fraction of sp³-hybridized carbons (Fsp3) is 0.364. The van der Waals surface area contributed by atoms with Gasteiger partial charge in [0.1, 0.15) is 0 Å². The first-order valence-corrected chi connectivity index (χ1v) is 12.8. The summed E-state index contributed by atoms with van der Waals surface area (Å²) >= 11 is 1.17. The zero-order valence-electron chi connectivity index (χ0n) is 17.3. The average molecular weight is 460 g/mol. The molecule has 164 valence electrons. The number of carbonyl (C=O) groups excluding carboxylic acids is 1. The molecular weight excluding hydrogens is 434 g/mol. The molecule has 4 rings (SSSR count). The van der Waals surface area contributed by atoms with E-state index in [2.05, 4.69) is 5.32 Å². The lowest BCUT2D eigenvalue weighted by molar-refractivity contribution is -0.120. The Morgan fingerprint density at radius 2 is 1.84 bits per heavy atom. The summed E-state index contributed by atoms with van der Waals surface area (Å²) in [6, 6.07) is 14.6. The molecule has 1 fully saturated rings. The maximum absolute atomic E-state index is 12.7. The van der Waals surface area contributed by atoms with E-state index in [4.69, 9.17) is 0 Å². The van der Waals surface area contributed by atoms with Crippen molar-refractivity contribution < 1.29 is 13.2 Å². The molecule has 1 saturated heterocycles. The van der Waals surface area contributed by atoms with Crippen molar-refractivity contribution in [2.24, 2.45) is 5.92 Å². The van der Waals surface area contributed by atoms with Crippen LogP contribution < -0.4 is 10.2 Å². The summed E-state index contributed by atoms with van der Waals surface area (Å²) in [6.45, 7) is 3.21. The Labute approximate surface area is 185 Å². The molecule has 1 aliphatic rings. The molecule has 2 aromatic carbocycles. The Hall–Kier alpha value is -2.49. The van der Waals surface area contributed by atoms with Crippen LogP contribution in [0.15, 0.2) is 53.3 Å². The summed E-state index contributed by atoms with van der Waals surface area (Å²) < 4.78 is 29.4. The first-order valence-electron chi connectivity index (χ1n) is 10.3. The van der Waals surface area contributed by atoms with E-state index in [1.807, 2.05) is 37.3 Å². The summed E-state index contributed by atoms with van der Waals surface area (Å²) in [6.07, 6.45) is 0.975. The number of hydrogen-bond acceptors (Lipinski definition) is 5. The summed E-state index contributed by atoms with van der Waals surface area (Å²) in [4.78, 5) is 24.7. The third-order valence-electron chi connectivity index (χ3n) is 5.66. The van der Waals surface area contributed by atoms with Crippen LogP contribution in [0.4, 0.5) is 5.69 Å². The fourth-order valence-electron chi connectivity index (χ4n) is 3.96. The zero-order chi connectivity index (χ0) is 22.0. The molecule has 0 aliphatic carbocycles. The number of piperidine rings is 1. The van der Waals surface area contributed by atoms with Crippen LogP contribution >= 0.6 is 11.3 Å². The van der Waals surface area contributed by atoms with Crippen LogP contribution in [0.25, 0.3) is 10.2 Å². The summed E-state index contributed by atoms with van der Waals surface area (Å²) in [7, 11) is -3.40. The van der Waals surface area contributed by atoms with Crippen LogP contribution in [-0.4, -0.2) is 36.3 Å². The van der Waals surface area contributed by atoms with Crippen molar-refractivity contribution in [2.75, 3.05) is 18.4 Å². The van der Waals surface area contributed by atoms with Crippen molar-refractivity contribution in [2.45, 2.75) is 32.1 Å². The molecule has 0 saturated carbocycles. The number of aryl methyl sites for hydroxylation is 1. The standard InChI is InChI=1S/C22H25N3O4S2/c1-2-25-19-9-8-18(14-20(19)30-22(25)27)23-21(26)17-10-12-24(13-11-17)31(28,29)15-16-6-4-3-5-7-16/h3-9,14,17H,2,10-13,15H2,1H3,(H,23,26). The summed E-state index contributed by atoms with van der Waals surface area (Å²) in [5, 5.41) is 2.93. The van der Waals surface area contributed by atoms with Gasteiger partial charge in [-0.2, -0.15) is 0 Å². The highest BCUT2D eigenvalue weighted by molar-refractivity contribution is 7.88. The highest BCUT2D eigenvalue weighted by Gasteiger charge is 2.31. The number of carbonyl (C=O) groups is 1. The van der Waals surface area contributed by atoms with Gasteiger partial charge < -0.3 is 5.32 Å². The molecule has 1 N–H and O–H groups in total. The SMILES string of the molecule is CCn1c(=O)sc2cc(NC(=O)C3CCN(S(=O)(=O)Cc4ccccc4)CC3)ccc21. The van der Waals surface area contributed by atoms with E-state index in [-0.39, 0.29) is 22.5 Å². The number of thiazole rings is 1. The lowest BCUT2D eigenvalue weighted by Crippen LogP contribution is -2.41. The molecule has 9 heteroatoms. The highest BCUT2D eigenvalue weighted by atomic mass is 32.2. The minimum atomic E-state index is -3.40. The largest absolute Gasteiger partial charge is 0.326 e. The molecule has 1 amide bonds. The van der Waals surface area contributed by atoms with E-state index in [9.17, 15) is 18.0 Å². The number of sulfonamides is 1. The zero-order valence-corrected chi connectivity index (χ0v) is 18.9. The van der Waals surface area contributed by atoms with Gasteiger partial charge in [-0.25, -0.2) is 12.7 Å². The fourth-order valence-corrected chi connectivity index (χ4v) is 6.52. The van der Waals surface area contributed by atoms with Crippen molar-refractivity contribution in [3.05, 3.63) is 63.8 Å². The number of amides is 1. The third kappa shape index (κ3) is 4.73. The molecular formula is C22H25N3O4S2. The second-order valence-electron chi connectivity index (χ2n) is 7.70. The number of rotatable bonds is 6. The van der Waals surface area contributed by atoms with Gasteiger partial charge >= 0.3 is 4.87 Å². The molecule has 31 heavy (non-hydrogen) atoms. The predicted molar refractivity (Wildman–Crippen MR) is 124 cm³/mol. The molecule has 0 radical (unpaired) electrons. The van der Waals surface area contributed by atoms with Crippen LogP contribution in [0.1, 0.15) is 25.3 Å². The van der Waals surface area contributed by atoms with Crippen LogP contribution in [0, 0.1) is 5.92 Å². The monoisotopic (exact) mass is 459 g/mol. The number of aromatic nitrogens is 1. The van der Waals surface area contributed by atoms with Gasteiger partial charge in [0.05, 0.1) is 16.0 Å². The maximum atomic E-state index is 12.7. The van der Waals surface area contributed by atoms with Crippen LogP contribution in [0.5, 0.6) is 0 Å². The molecule has 0 spiro atoms. The van der Waals surface area contributed by atoms with Gasteiger partial charge in [-0.1, -0.05) is 41.7 Å². The van der Waals surface area contributed by atoms with Gasteiger partial charge in [0.2, 0.25) is 15.9 Å². The number of nitrogens with zero attached hydrogens (tertiary/aromatic N) is 2. The van der Waals surface area contributed by atoms with Gasteiger partial charge in [-0.05, 0) is 43.5 Å². The second-order valence-corrected chi connectivity index (χ2v) is 10.7. The third-order valence-corrected chi connectivity index (χ3v) is 8.45. The summed E-state index contributed by atoms with van der Waals surface area (Å²) in [5.41, 5.74) is 2.28. The molecule has 1 aromatic heterocycles. The molecule has 2 heterocycles. The lowest BCUT2D eigenvalue weighted by atomic mass is 9.97. The maximum Gasteiger partial charge on any atom is 0.308 e. The van der Waals surface area contributed by atoms with Crippen LogP contribution in [0.2, 0.25) is 0 Å². The van der Waals surface area contributed by atoms with E-state index < -0.39 is 10.0 Å². The van der Waals surface area contributed by atoms with Crippen molar-refractivity contribution >= 4 is 43.2 Å². The first kappa shape index (κ1) is 21.7. The highest BCUT2D eigenvalue weighted by Crippen LogP contribution is 2.25. The minimum absolute atomic E-state index is 0.00920. The number of benzene rings is 2. The Kier molecular flexibility index (Phi) is 6.27. The quantitative estimate of drug-likeness (QED) is 0.613. The molecule has 0 bridgehead atoms. The predicted octanol–water partition coefficient (Wildman–Crippen LogP) is 3.26. The van der Waals surface area contributed by atoms with Gasteiger partial charge in [0, 0.05) is 31.2 Å². The normalized spacial score (nSPS) is 15.9. The van der Waals surface area contributed by atoms with E-state index in [0.717, 1.165) is 15.8 Å². The average Bonchev–Trinajstić information content (AvgIpc) is 3.08. The lowest BCUT2D eigenvalue weighted by Gasteiger charge is -2.30. The van der Waals surface area contributed by atoms with Crippen molar-refractivity contribution in [1.82, 2.24) is 8.87 Å². The second kappa shape index (κ2) is 8.94. The Bertz CT molecular complexity index is 1240. The van der Waals surface area contributed by atoms with Gasteiger partial charge in [-0.3, -0.25) is 14.2 Å². The Morgan fingerprint density at radius 1 is 1.13 bits per heavy atom. The van der Waals surface area contributed by atoms with Gasteiger partial charge in [0.25, 0.3) is 0 Å². The topological polar surface area (TPSA) is 88.5 Å². The number of hydrogen-bond donors (Lipinski definition) is 1. The number of fused-ring (bicyclic) bond motifs is 1. The van der Waals surface area contributed by atoms with Crippen LogP contribution in [0.3, 0.4) is 0 Å². The minimum Gasteiger partial charge on any atom is -0.326 e. The summed E-state index contributed by atoms with van der Waals surface area (Å²) in [5.74, 6) is -0.370. The molecule has 3 aromatic rings. The van der Waals surface area contributed by atoms with E-state index in [1.54, 1.807) is 22.8 Å². The Balaban J connectivity index is 1.37. The Morgan fingerprint density at radius 3 is 2.52 bits per heavy atom. The van der Waals surface area contributed by atoms with Crippen molar-refractivity contribution in [3.63, 3.8) is 0 Å². The molecule has 1 aliphatic heterocycles. The van der Waals surface area contributed by atoms with E-state index in [0.29, 0.717) is 38.2 Å². The number of anilines is 1. The van der Waals surface area contributed by atoms with Crippen molar-refractivity contribution in [3.8, 4) is 0 Å². The molecule has 7 nitrogen and oxygen atoms in total.